The molecule has 220 valence electrons. The number of nitrogens with zero attached hydrogens (tertiary/aromatic N) is 5. The van der Waals surface area contributed by atoms with E-state index in [0.29, 0.717) is 37.0 Å². The standard InChI is InChI=1S/C34H30N6O4/c1-43-31-28(29(41)30(31)42)39-18-15-24(16-19-39)44-20-21-9-11-23(12-10-21)40-33(25-8-5-17-36-32(25)35)38-27-14-13-26(37-34(27)40)22-6-3-2-4-7-22/h2-14,17,24H,15-16,18-20H2,1H3,(H2,35,36). The molecular formula is C34H30N6O4. The zero-order valence-corrected chi connectivity index (χ0v) is 24.1. The van der Waals surface area contributed by atoms with Crippen molar-refractivity contribution in [2.24, 2.45) is 0 Å². The third-order valence-corrected chi connectivity index (χ3v) is 8.14. The topological polar surface area (TPSA) is 125 Å². The molecule has 0 unspecified atom stereocenters. The number of hydrogen-bond donors (Lipinski definition) is 1. The number of ether oxygens (including phenoxy) is 2. The van der Waals surface area contributed by atoms with Crippen molar-refractivity contribution in [3.63, 3.8) is 0 Å². The van der Waals surface area contributed by atoms with Crippen molar-refractivity contribution in [1.82, 2.24) is 19.5 Å². The van der Waals surface area contributed by atoms with Gasteiger partial charge in [-0.25, -0.2) is 15.0 Å². The molecule has 0 saturated carbocycles. The van der Waals surface area contributed by atoms with E-state index < -0.39 is 10.9 Å². The van der Waals surface area contributed by atoms with Crippen LogP contribution in [0.25, 0.3) is 39.5 Å². The van der Waals surface area contributed by atoms with Crippen molar-refractivity contribution in [1.29, 1.82) is 0 Å². The second kappa shape index (κ2) is 11.4. The first kappa shape index (κ1) is 27.5. The molecule has 0 spiro atoms. The number of anilines is 2. The lowest BCUT2D eigenvalue weighted by Crippen LogP contribution is -2.45. The number of benzene rings is 2. The number of fused-ring (bicyclic) bond motifs is 1. The average molecular weight is 587 g/mol. The Labute approximate surface area is 253 Å². The highest BCUT2D eigenvalue weighted by molar-refractivity contribution is 5.84. The highest BCUT2D eigenvalue weighted by Gasteiger charge is 2.30. The highest BCUT2D eigenvalue weighted by Crippen LogP contribution is 2.32. The van der Waals surface area contributed by atoms with Crippen LogP contribution in [0, 0.1) is 0 Å². The maximum Gasteiger partial charge on any atom is 0.272 e. The van der Waals surface area contributed by atoms with Gasteiger partial charge in [0.05, 0.1) is 31.1 Å². The van der Waals surface area contributed by atoms with Gasteiger partial charge in [0.25, 0.3) is 10.9 Å². The molecule has 44 heavy (non-hydrogen) atoms. The van der Waals surface area contributed by atoms with Gasteiger partial charge in [-0.2, -0.15) is 0 Å². The fourth-order valence-electron chi connectivity index (χ4n) is 5.80. The summed E-state index contributed by atoms with van der Waals surface area (Å²) in [6.07, 6.45) is 3.23. The Morgan fingerprint density at radius 1 is 0.886 bits per heavy atom. The van der Waals surface area contributed by atoms with Crippen molar-refractivity contribution in [2.75, 3.05) is 30.8 Å². The normalized spacial score (nSPS) is 14.0. The van der Waals surface area contributed by atoms with Gasteiger partial charge in [-0.05, 0) is 54.8 Å². The largest absolute Gasteiger partial charge is 0.491 e. The summed E-state index contributed by atoms with van der Waals surface area (Å²) >= 11 is 0. The van der Waals surface area contributed by atoms with Crippen LogP contribution in [0.5, 0.6) is 5.75 Å². The van der Waals surface area contributed by atoms with Gasteiger partial charge in [-0.1, -0.05) is 42.5 Å². The third-order valence-electron chi connectivity index (χ3n) is 8.14. The summed E-state index contributed by atoms with van der Waals surface area (Å²) in [5, 5.41) is 0. The lowest BCUT2D eigenvalue weighted by molar-refractivity contribution is 0.0250. The van der Waals surface area contributed by atoms with Gasteiger partial charge in [0.1, 0.15) is 17.0 Å². The fourth-order valence-corrected chi connectivity index (χ4v) is 5.80. The number of rotatable bonds is 8. The Morgan fingerprint density at radius 2 is 1.66 bits per heavy atom. The molecule has 1 aliphatic rings. The number of nitrogen functional groups attached to an aromatic ring is 1. The van der Waals surface area contributed by atoms with Gasteiger partial charge < -0.3 is 20.1 Å². The molecule has 3 aromatic carbocycles. The lowest BCUT2D eigenvalue weighted by atomic mass is 10.0. The fraction of sp³-hybridized carbons (Fsp3) is 0.206. The molecule has 10 heteroatoms. The first-order valence-corrected chi connectivity index (χ1v) is 14.5. The van der Waals surface area contributed by atoms with Crippen LogP contribution in [-0.2, 0) is 11.3 Å². The average Bonchev–Trinajstić information content (AvgIpc) is 3.45. The van der Waals surface area contributed by atoms with Gasteiger partial charge in [0.2, 0.25) is 0 Å². The van der Waals surface area contributed by atoms with E-state index in [1.54, 1.807) is 6.20 Å². The molecule has 0 bridgehead atoms. The van der Waals surface area contributed by atoms with E-state index in [1.165, 1.54) is 7.11 Å². The van der Waals surface area contributed by atoms with Crippen LogP contribution in [0.2, 0.25) is 0 Å². The molecule has 0 radical (unpaired) electrons. The monoisotopic (exact) mass is 586 g/mol. The van der Waals surface area contributed by atoms with E-state index in [4.69, 9.17) is 25.2 Å². The molecule has 3 aromatic heterocycles. The van der Waals surface area contributed by atoms with E-state index in [0.717, 1.165) is 52.1 Å². The summed E-state index contributed by atoms with van der Waals surface area (Å²) < 4.78 is 13.4. The zero-order chi connectivity index (χ0) is 30.2. The second-order valence-electron chi connectivity index (χ2n) is 10.8. The predicted molar refractivity (Wildman–Crippen MR) is 170 cm³/mol. The van der Waals surface area contributed by atoms with Crippen molar-refractivity contribution in [3.8, 4) is 34.1 Å². The lowest BCUT2D eigenvalue weighted by Gasteiger charge is -2.34. The van der Waals surface area contributed by atoms with Crippen LogP contribution in [0.15, 0.2) is 94.6 Å². The van der Waals surface area contributed by atoms with Crippen LogP contribution in [-0.4, -0.2) is 45.8 Å². The summed E-state index contributed by atoms with van der Waals surface area (Å²) in [7, 11) is 1.42. The number of pyridine rings is 2. The Morgan fingerprint density at radius 3 is 2.39 bits per heavy atom. The molecule has 4 heterocycles. The SMILES string of the molecule is COc1c(N2CCC(OCc3ccc(-n4c(-c5cccnc5N)nc5ccc(-c6ccccc6)nc54)cc3)CC2)c(=O)c1=O. The van der Waals surface area contributed by atoms with Crippen LogP contribution in [0.4, 0.5) is 11.5 Å². The van der Waals surface area contributed by atoms with E-state index in [9.17, 15) is 9.59 Å². The van der Waals surface area contributed by atoms with E-state index in [1.807, 2.05) is 88.3 Å². The molecule has 6 aromatic rings. The molecule has 0 amide bonds. The first-order valence-electron chi connectivity index (χ1n) is 14.5. The number of methoxy groups -OCH3 is 1. The minimum Gasteiger partial charge on any atom is -0.491 e. The van der Waals surface area contributed by atoms with Crippen LogP contribution in [0.3, 0.4) is 0 Å². The number of imidazole rings is 1. The molecule has 1 saturated heterocycles. The van der Waals surface area contributed by atoms with Crippen LogP contribution in [0.1, 0.15) is 18.4 Å². The quantitative estimate of drug-likeness (QED) is 0.256. The Kier molecular flexibility index (Phi) is 7.11. The van der Waals surface area contributed by atoms with Crippen molar-refractivity contribution in [2.45, 2.75) is 25.6 Å². The number of piperidine rings is 1. The Hall–Kier alpha value is -5.35. The minimum absolute atomic E-state index is 0.0572. The first-order chi connectivity index (χ1) is 21.5. The van der Waals surface area contributed by atoms with Gasteiger partial charge in [0, 0.05) is 30.5 Å². The van der Waals surface area contributed by atoms with Gasteiger partial charge in [-0.3, -0.25) is 14.2 Å². The second-order valence-corrected chi connectivity index (χ2v) is 10.8. The van der Waals surface area contributed by atoms with Gasteiger partial charge in [0.15, 0.2) is 17.2 Å². The number of nitrogens with two attached hydrogens (primary N) is 1. The number of aromatic nitrogens is 4. The third kappa shape index (κ3) is 4.88. The summed E-state index contributed by atoms with van der Waals surface area (Å²) in [5.74, 6) is 1.23. The van der Waals surface area contributed by atoms with E-state index in [2.05, 4.69) is 4.98 Å². The highest BCUT2D eigenvalue weighted by atomic mass is 16.5. The van der Waals surface area contributed by atoms with Crippen molar-refractivity contribution < 1.29 is 9.47 Å². The smallest absolute Gasteiger partial charge is 0.272 e. The molecule has 1 fully saturated rings. The van der Waals surface area contributed by atoms with E-state index in [-0.39, 0.29) is 11.9 Å². The summed E-state index contributed by atoms with van der Waals surface area (Å²) in [6, 6.07) is 25.9. The summed E-state index contributed by atoms with van der Waals surface area (Å²) in [6.45, 7) is 1.73. The van der Waals surface area contributed by atoms with E-state index >= 15 is 0 Å². The van der Waals surface area contributed by atoms with Crippen molar-refractivity contribution in [3.05, 3.63) is 111 Å². The molecular weight excluding hydrogens is 556 g/mol. The molecule has 1 aliphatic heterocycles. The number of hydrogen-bond acceptors (Lipinski definition) is 9. The van der Waals surface area contributed by atoms with Crippen LogP contribution >= 0.6 is 0 Å². The molecule has 2 N–H and O–H groups in total. The summed E-state index contributed by atoms with van der Waals surface area (Å²) in [5.41, 5.74) is 11.7. The molecule has 0 atom stereocenters. The van der Waals surface area contributed by atoms with Gasteiger partial charge >= 0.3 is 0 Å². The Balaban J connectivity index is 1.12. The predicted octanol–water partition coefficient (Wildman–Crippen LogP) is 4.52. The maximum absolute atomic E-state index is 12.0. The minimum atomic E-state index is -0.545. The van der Waals surface area contributed by atoms with Gasteiger partial charge in [-0.15, -0.1) is 0 Å². The molecule has 7 rings (SSSR count). The summed E-state index contributed by atoms with van der Waals surface area (Å²) in [4.78, 5) is 39.9. The van der Waals surface area contributed by atoms with Crippen LogP contribution < -0.4 is 26.2 Å². The maximum atomic E-state index is 12.0. The zero-order valence-electron chi connectivity index (χ0n) is 24.1. The van der Waals surface area contributed by atoms with Crippen molar-refractivity contribution >= 4 is 22.7 Å². The Bertz CT molecular complexity index is 2020. The molecule has 10 nitrogen and oxygen atoms in total. The molecule has 0 aliphatic carbocycles.